The fourth-order valence-electron chi connectivity index (χ4n) is 3.51. The van der Waals surface area contributed by atoms with Crippen LogP contribution in [0.15, 0.2) is 36.8 Å². The van der Waals surface area contributed by atoms with E-state index in [0.717, 1.165) is 33.3 Å². The topological polar surface area (TPSA) is 59.4 Å². The molecule has 0 saturated heterocycles. The lowest BCUT2D eigenvalue weighted by Gasteiger charge is -2.08. The Balaban J connectivity index is 1.65. The summed E-state index contributed by atoms with van der Waals surface area (Å²) in [6.45, 7) is 3.80. The van der Waals surface area contributed by atoms with Crippen LogP contribution in [0.3, 0.4) is 0 Å². The molecule has 6 heteroatoms. The number of H-pyrrole nitrogens is 1. The van der Waals surface area contributed by atoms with E-state index in [0.29, 0.717) is 17.3 Å². The van der Waals surface area contributed by atoms with Crippen LogP contribution in [-0.4, -0.2) is 25.0 Å². The third kappa shape index (κ3) is 2.41. The average Bonchev–Trinajstić information content (AvgIpc) is 3.18. The third-order valence-corrected chi connectivity index (χ3v) is 4.93. The largest absolute Gasteiger partial charge is 0.276 e. The van der Waals surface area contributed by atoms with Crippen LogP contribution in [0.4, 0.5) is 4.39 Å². The van der Waals surface area contributed by atoms with Crippen molar-refractivity contribution in [2.75, 3.05) is 0 Å². The number of aryl methyl sites for hydroxylation is 2. The standard InChI is InChI=1S/C20H18FN5/c1-11-5-12(2)19(16(21)6-11)17-7-15-18(9-22-17)24-25-20(15)13-8-23-26(10-13)14-3-4-14/h5-10,14H,3-4H2,1-2H3,(H,24,25). The van der Waals surface area contributed by atoms with Gasteiger partial charge in [-0.15, -0.1) is 0 Å². The molecule has 4 aromatic rings. The van der Waals surface area contributed by atoms with Crippen LogP contribution in [0.25, 0.3) is 33.4 Å². The molecule has 0 spiro atoms. The molecule has 1 saturated carbocycles. The fourth-order valence-corrected chi connectivity index (χ4v) is 3.51. The highest BCUT2D eigenvalue weighted by molar-refractivity contribution is 5.94. The molecule has 1 N–H and O–H groups in total. The maximum absolute atomic E-state index is 14.6. The first-order chi connectivity index (χ1) is 12.6. The van der Waals surface area contributed by atoms with Gasteiger partial charge in [0.2, 0.25) is 0 Å². The molecule has 5 nitrogen and oxygen atoms in total. The Hall–Kier alpha value is -3.02. The van der Waals surface area contributed by atoms with E-state index in [9.17, 15) is 4.39 Å². The van der Waals surface area contributed by atoms with E-state index in [-0.39, 0.29) is 5.82 Å². The highest BCUT2D eigenvalue weighted by atomic mass is 19.1. The summed E-state index contributed by atoms with van der Waals surface area (Å²) in [6.07, 6.45) is 7.95. The smallest absolute Gasteiger partial charge is 0.133 e. The molecule has 1 aromatic carbocycles. The minimum absolute atomic E-state index is 0.249. The molecule has 3 heterocycles. The molecule has 0 aliphatic heterocycles. The van der Waals surface area contributed by atoms with Gasteiger partial charge < -0.3 is 0 Å². The minimum Gasteiger partial charge on any atom is -0.276 e. The van der Waals surface area contributed by atoms with Crippen molar-refractivity contribution >= 4 is 10.9 Å². The quantitative estimate of drug-likeness (QED) is 0.590. The normalized spacial score (nSPS) is 14.3. The predicted molar refractivity (Wildman–Crippen MR) is 98.2 cm³/mol. The van der Waals surface area contributed by atoms with Gasteiger partial charge in [-0.1, -0.05) is 6.07 Å². The summed E-state index contributed by atoms with van der Waals surface area (Å²) >= 11 is 0. The summed E-state index contributed by atoms with van der Waals surface area (Å²) in [7, 11) is 0. The maximum atomic E-state index is 14.6. The lowest BCUT2D eigenvalue weighted by Crippen LogP contribution is -1.93. The average molecular weight is 347 g/mol. The Morgan fingerprint density at radius 1 is 1.15 bits per heavy atom. The molecule has 0 amide bonds. The first kappa shape index (κ1) is 15.3. The minimum atomic E-state index is -0.249. The number of pyridine rings is 1. The summed E-state index contributed by atoms with van der Waals surface area (Å²) < 4.78 is 16.6. The van der Waals surface area contributed by atoms with E-state index in [2.05, 4.69) is 20.3 Å². The van der Waals surface area contributed by atoms with Gasteiger partial charge in [-0.3, -0.25) is 14.8 Å². The van der Waals surface area contributed by atoms with Gasteiger partial charge in [0.25, 0.3) is 0 Å². The van der Waals surface area contributed by atoms with Crippen LogP contribution in [0.1, 0.15) is 30.0 Å². The van der Waals surface area contributed by atoms with E-state index in [1.54, 1.807) is 12.3 Å². The third-order valence-electron chi connectivity index (χ3n) is 4.93. The predicted octanol–water partition coefficient (Wildman–Crippen LogP) is 4.58. The zero-order valence-corrected chi connectivity index (χ0v) is 14.6. The van der Waals surface area contributed by atoms with Gasteiger partial charge in [-0.05, 0) is 49.9 Å². The Kier molecular flexibility index (Phi) is 3.22. The number of benzene rings is 1. The first-order valence-corrected chi connectivity index (χ1v) is 8.76. The van der Waals surface area contributed by atoms with Crippen molar-refractivity contribution in [3.8, 4) is 22.5 Å². The molecule has 0 atom stereocenters. The van der Waals surface area contributed by atoms with Crippen molar-refractivity contribution in [2.24, 2.45) is 0 Å². The SMILES string of the molecule is Cc1cc(C)c(-c2cc3c(-c4cnn(C5CC5)c4)n[nH]c3cn2)c(F)c1. The molecule has 26 heavy (non-hydrogen) atoms. The number of rotatable bonds is 3. The van der Waals surface area contributed by atoms with E-state index in [4.69, 9.17) is 0 Å². The molecule has 3 aromatic heterocycles. The molecule has 0 unspecified atom stereocenters. The summed E-state index contributed by atoms with van der Waals surface area (Å²) in [6, 6.07) is 5.95. The van der Waals surface area contributed by atoms with Crippen molar-refractivity contribution in [1.82, 2.24) is 25.0 Å². The monoisotopic (exact) mass is 347 g/mol. The Morgan fingerprint density at radius 3 is 2.77 bits per heavy atom. The summed E-state index contributed by atoms with van der Waals surface area (Å²) in [5.74, 6) is -0.249. The van der Waals surface area contributed by atoms with Crippen LogP contribution in [-0.2, 0) is 0 Å². The second-order valence-electron chi connectivity index (χ2n) is 7.07. The van der Waals surface area contributed by atoms with E-state index < -0.39 is 0 Å². The molecule has 1 fully saturated rings. The van der Waals surface area contributed by atoms with Gasteiger partial charge >= 0.3 is 0 Å². The van der Waals surface area contributed by atoms with Crippen LogP contribution in [0.5, 0.6) is 0 Å². The molecular weight excluding hydrogens is 329 g/mol. The van der Waals surface area contributed by atoms with Crippen LogP contribution in [0, 0.1) is 19.7 Å². The van der Waals surface area contributed by atoms with Gasteiger partial charge in [0, 0.05) is 22.7 Å². The van der Waals surface area contributed by atoms with Crippen LogP contribution < -0.4 is 0 Å². The number of nitrogens with zero attached hydrogens (tertiary/aromatic N) is 4. The number of aromatic amines is 1. The molecule has 0 bridgehead atoms. The number of fused-ring (bicyclic) bond motifs is 1. The van der Waals surface area contributed by atoms with E-state index in [1.807, 2.05) is 43.1 Å². The van der Waals surface area contributed by atoms with Gasteiger partial charge in [0.05, 0.1) is 29.6 Å². The van der Waals surface area contributed by atoms with Gasteiger partial charge in [-0.25, -0.2) is 4.39 Å². The second-order valence-corrected chi connectivity index (χ2v) is 7.07. The molecule has 1 aliphatic rings. The van der Waals surface area contributed by atoms with Gasteiger partial charge in [0.15, 0.2) is 0 Å². The highest BCUT2D eigenvalue weighted by Crippen LogP contribution is 2.36. The fraction of sp³-hybridized carbons (Fsp3) is 0.250. The lowest BCUT2D eigenvalue weighted by atomic mass is 10.0. The summed E-state index contributed by atoms with van der Waals surface area (Å²) in [5, 5.41) is 12.8. The summed E-state index contributed by atoms with van der Waals surface area (Å²) in [5.41, 5.74) is 5.54. The molecular formula is C20H18FN5. The Morgan fingerprint density at radius 2 is 2.00 bits per heavy atom. The molecule has 0 radical (unpaired) electrons. The number of hydrogen-bond acceptors (Lipinski definition) is 3. The Bertz CT molecular complexity index is 1110. The van der Waals surface area contributed by atoms with Gasteiger partial charge in [0.1, 0.15) is 11.5 Å². The molecule has 130 valence electrons. The Labute approximate surface area is 149 Å². The van der Waals surface area contributed by atoms with Crippen LogP contribution >= 0.6 is 0 Å². The van der Waals surface area contributed by atoms with Crippen LogP contribution in [0.2, 0.25) is 0 Å². The van der Waals surface area contributed by atoms with Crippen molar-refractivity contribution in [3.63, 3.8) is 0 Å². The number of hydrogen-bond donors (Lipinski definition) is 1. The highest BCUT2D eigenvalue weighted by Gasteiger charge is 2.25. The van der Waals surface area contributed by atoms with Crippen molar-refractivity contribution in [1.29, 1.82) is 0 Å². The zero-order valence-electron chi connectivity index (χ0n) is 14.6. The summed E-state index contributed by atoms with van der Waals surface area (Å²) in [4.78, 5) is 4.45. The molecule has 1 aliphatic carbocycles. The second kappa shape index (κ2) is 5.49. The molecule has 5 rings (SSSR count). The van der Waals surface area contributed by atoms with Crippen molar-refractivity contribution < 1.29 is 4.39 Å². The number of nitrogens with one attached hydrogen (secondary N) is 1. The maximum Gasteiger partial charge on any atom is 0.133 e. The number of halogens is 1. The van der Waals surface area contributed by atoms with Crippen molar-refractivity contribution in [2.45, 2.75) is 32.7 Å². The first-order valence-electron chi connectivity index (χ1n) is 8.76. The number of aromatic nitrogens is 5. The van der Waals surface area contributed by atoms with E-state index in [1.165, 1.54) is 12.8 Å². The lowest BCUT2D eigenvalue weighted by molar-refractivity contribution is 0.628. The van der Waals surface area contributed by atoms with Crippen molar-refractivity contribution in [3.05, 3.63) is 53.7 Å². The van der Waals surface area contributed by atoms with Gasteiger partial charge in [-0.2, -0.15) is 10.2 Å². The van der Waals surface area contributed by atoms with E-state index >= 15 is 0 Å². The zero-order chi connectivity index (χ0) is 17.8.